The summed E-state index contributed by atoms with van der Waals surface area (Å²) in [7, 11) is 0. The van der Waals surface area contributed by atoms with Crippen LogP contribution in [0.1, 0.15) is 30.1 Å². The summed E-state index contributed by atoms with van der Waals surface area (Å²) in [6, 6.07) is 7.72. The molecule has 1 N–H and O–H groups in total. The van der Waals surface area contributed by atoms with Crippen molar-refractivity contribution >= 4 is 11.6 Å². The molecule has 100 valence electrons. The van der Waals surface area contributed by atoms with Crippen LogP contribution in [0, 0.1) is 5.92 Å². The lowest BCUT2D eigenvalue weighted by molar-refractivity contribution is 0.337. The molecule has 3 rings (SSSR count). The number of hydrogen-bond donors (Lipinski definition) is 1. The maximum Gasteiger partial charge on any atom is 0.231 e. The van der Waals surface area contributed by atoms with Crippen molar-refractivity contribution < 1.29 is 4.52 Å². The normalized spacial score (nSPS) is 22.8. The number of benzene rings is 1. The lowest BCUT2D eigenvalue weighted by Gasteiger charge is -2.07. The fourth-order valence-electron chi connectivity index (χ4n) is 2.42. The second-order valence-corrected chi connectivity index (χ2v) is 5.53. The summed E-state index contributed by atoms with van der Waals surface area (Å²) in [5.74, 6) is 2.37. The molecule has 0 spiro atoms. The summed E-state index contributed by atoms with van der Waals surface area (Å²) >= 11 is 5.86. The van der Waals surface area contributed by atoms with Crippen LogP contribution in [0.5, 0.6) is 0 Å². The Hall–Kier alpha value is -1.39. The molecule has 0 radical (unpaired) electrons. The zero-order chi connectivity index (χ0) is 13.2. The highest BCUT2D eigenvalue weighted by molar-refractivity contribution is 6.30. The summed E-state index contributed by atoms with van der Waals surface area (Å²) in [4.78, 5) is 4.51. The van der Waals surface area contributed by atoms with Crippen LogP contribution in [-0.2, 0) is 6.42 Å². The third-order valence-corrected chi connectivity index (χ3v) is 3.85. The molecular weight excluding hydrogens is 262 g/mol. The van der Waals surface area contributed by atoms with Gasteiger partial charge in [0, 0.05) is 18.0 Å². The number of nitrogens with one attached hydrogen (secondary N) is 1. The van der Waals surface area contributed by atoms with Crippen molar-refractivity contribution in [1.29, 1.82) is 0 Å². The predicted octanol–water partition coefficient (Wildman–Crippen LogP) is 2.64. The van der Waals surface area contributed by atoms with E-state index in [4.69, 9.17) is 16.1 Å². The minimum atomic E-state index is 0.339. The van der Waals surface area contributed by atoms with Crippen LogP contribution in [0.15, 0.2) is 28.8 Å². The van der Waals surface area contributed by atoms with Gasteiger partial charge in [-0.25, -0.2) is 0 Å². The lowest BCUT2D eigenvalue weighted by atomic mass is 9.98. The highest BCUT2D eigenvalue weighted by Gasteiger charge is 2.29. The van der Waals surface area contributed by atoms with Gasteiger partial charge in [-0.05, 0) is 30.2 Å². The quantitative estimate of drug-likeness (QED) is 0.937. The second kappa shape index (κ2) is 5.31. The second-order valence-electron chi connectivity index (χ2n) is 5.09. The van der Waals surface area contributed by atoms with E-state index < -0.39 is 0 Å². The van der Waals surface area contributed by atoms with Crippen molar-refractivity contribution in [3.63, 3.8) is 0 Å². The van der Waals surface area contributed by atoms with Crippen LogP contribution in [-0.4, -0.2) is 23.2 Å². The molecule has 1 aliphatic heterocycles. The topological polar surface area (TPSA) is 51.0 Å². The Morgan fingerprint density at radius 3 is 2.79 bits per heavy atom. The number of halogens is 1. The standard InChI is InChI=1S/C14H16ClN3O/c1-9-7-16-8-12(9)14-17-13(18-19-14)6-10-2-4-11(15)5-3-10/h2-5,9,12,16H,6-8H2,1H3/t9-,12-/m1/s1. The Morgan fingerprint density at radius 1 is 1.32 bits per heavy atom. The minimum Gasteiger partial charge on any atom is -0.339 e. The van der Waals surface area contributed by atoms with Crippen molar-refractivity contribution in [3.05, 3.63) is 46.6 Å². The van der Waals surface area contributed by atoms with E-state index >= 15 is 0 Å². The summed E-state index contributed by atoms with van der Waals surface area (Å²) in [6.45, 7) is 4.14. The Bertz CT molecular complexity index is 552. The van der Waals surface area contributed by atoms with Gasteiger partial charge in [0.25, 0.3) is 0 Å². The van der Waals surface area contributed by atoms with Crippen LogP contribution in [0.4, 0.5) is 0 Å². The molecule has 2 aromatic rings. The first-order valence-electron chi connectivity index (χ1n) is 6.50. The van der Waals surface area contributed by atoms with Crippen LogP contribution in [0.3, 0.4) is 0 Å². The van der Waals surface area contributed by atoms with Gasteiger partial charge in [-0.2, -0.15) is 4.98 Å². The molecule has 19 heavy (non-hydrogen) atoms. The van der Waals surface area contributed by atoms with Gasteiger partial charge >= 0.3 is 0 Å². The van der Waals surface area contributed by atoms with Crippen LogP contribution in [0.25, 0.3) is 0 Å². The summed E-state index contributed by atoms with van der Waals surface area (Å²) in [6.07, 6.45) is 0.676. The maximum atomic E-state index is 5.86. The van der Waals surface area contributed by atoms with Gasteiger partial charge in [-0.15, -0.1) is 0 Å². The van der Waals surface area contributed by atoms with Crippen molar-refractivity contribution in [1.82, 2.24) is 15.5 Å². The van der Waals surface area contributed by atoms with E-state index in [1.54, 1.807) is 0 Å². The summed E-state index contributed by atoms with van der Waals surface area (Å²) in [5, 5.41) is 8.15. The molecule has 1 saturated heterocycles. The number of hydrogen-bond acceptors (Lipinski definition) is 4. The molecule has 0 bridgehead atoms. The molecule has 1 aliphatic rings. The highest BCUT2D eigenvalue weighted by atomic mass is 35.5. The zero-order valence-corrected chi connectivity index (χ0v) is 11.5. The first-order chi connectivity index (χ1) is 9.22. The zero-order valence-electron chi connectivity index (χ0n) is 10.8. The minimum absolute atomic E-state index is 0.339. The molecule has 0 unspecified atom stereocenters. The van der Waals surface area contributed by atoms with Crippen LogP contribution < -0.4 is 5.32 Å². The molecule has 5 heteroatoms. The van der Waals surface area contributed by atoms with E-state index in [1.165, 1.54) is 0 Å². The summed E-state index contributed by atoms with van der Waals surface area (Å²) < 4.78 is 5.39. The van der Waals surface area contributed by atoms with E-state index in [2.05, 4.69) is 22.4 Å². The Balaban J connectivity index is 1.72. The number of rotatable bonds is 3. The van der Waals surface area contributed by atoms with Crippen molar-refractivity contribution in [2.75, 3.05) is 13.1 Å². The molecular formula is C14H16ClN3O. The number of nitrogens with zero attached hydrogens (tertiary/aromatic N) is 2. The third kappa shape index (κ3) is 2.80. The van der Waals surface area contributed by atoms with Crippen LogP contribution >= 0.6 is 11.6 Å². The highest BCUT2D eigenvalue weighted by Crippen LogP contribution is 2.26. The first-order valence-corrected chi connectivity index (χ1v) is 6.88. The van der Waals surface area contributed by atoms with E-state index in [0.717, 1.165) is 35.4 Å². The molecule has 1 aromatic carbocycles. The van der Waals surface area contributed by atoms with Crippen LogP contribution in [0.2, 0.25) is 5.02 Å². The molecule has 4 nitrogen and oxygen atoms in total. The molecule has 2 atom stereocenters. The van der Waals surface area contributed by atoms with Crippen molar-refractivity contribution in [2.24, 2.45) is 5.92 Å². The summed E-state index contributed by atoms with van der Waals surface area (Å²) in [5.41, 5.74) is 1.13. The van der Waals surface area contributed by atoms with Gasteiger partial charge in [-0.3, -0.25) is 0 Å². The monoisotopic (exact) mass is 277 g/mol. The average Bonchev–Trinajstić information content (AvgIpc) is 3.01. The van der Waals surface area contributed by atoms with Crippen molar-refractivity contribution in [2.45, 2.75) is 19.3 Å². The van der Waals surface area contributed by atoms with E-state index in [0.29, 0.717) is 18.3 Å². The first kappa shape index (κ1) is 12.6. The largest absolute Gasteiger partial charge is 0.339 e. The smallest absolute Gasteiger partial charge is 0.231 e. The van der Waals surface area contributed by atoms with Gasteiger partial charge in [0.1, 0.15) is 0 Å². The molecule has 1 aromatic heterocycles. The van der Waals surface area contributed by atoms with E-state index in [9.17, 15) is 0 Å². The molecule has 0 amide bonds. The lowest BCUT2D eigenvalue weighted by Crippen LogP contribution is -2.08. The van der Waals surface area contributed by atoms with Gasteiger partial charge in [0.05, 0.1) is 5.92 Å². The van der Waals surface area contributed by atoms with Gasteiger partial charge in [0.2, 0.25) is 5.89 Å². The fraction of sp³-hybridized carbons (Fsp3) is 0.429. The molecule has 0 saturated carbocycles. The molecule has 2 heterocycles. The van der Waals surface area contributed by atoms with Gasteiger partial charge in [0.15, 0.2) is 5.82 Å². The van der Waals surface area contributed by atoms with Gasteiger partial charge in [-0.1, -0.05) is 35.8 Å². The van der Waals surface area contributed by atoms with E-state index in [1.807, 2.05) is 24.3 Å². The average molecular weight is 278 g/mol. The Labute approximate surface area is 117 Å². The van der Waals surface area contributed by atoms with E-state index in [-0.39, 0.29) is 0 Å². The number of aromatic nitrogens is 2. The predicted molar refractivity (Wildman–Crippen MR) is 73.3 cm³/mol. The SMILES string of the molecule is C[C@@H]1CNC[C@H]1c1nc(Cc2ccc(Cl)cc2)no1. The van der Waals surface area contributed by atoms with Gasteiger partial charge < -0.3 is 9.84 Å². The van der Waals surface area contributed by atoms with Crippen molar-refractivity contribution in [3.8, 4) is 0 Å². The molecule has 0 aliphatic carbocycles. The Kier molecular flexibility index (Phi) is 3.53. The maximum absolute atomic E-state index is 5.86. The third-order valence-electron chi connectivity index (χ3n) is 3.59. The fourth-order valence-corrected chi connectivity index (χ4v) is 2.54. The Morgan fingerprint density at radius 2 is 2.11 bits per heavy atom. The molecule has 1 fully saturated rings.